The molecule has 1 fully saturated rings. The molecule has 0 saturated heterocycles. The third-order valence-electron chi connectivity index (χ3n) is 2.79. The smallest absolute Gasteiger partial charge is 0.00203 e. The molecule has 2 unspecified atom stereocenters. The largest absolute Gasteiger partial charge is 0.316 e. The number of rotatable bonds is 4. The predicted molar refractivity (Wildman–Crippen MR) is 54.2 cm³/mol. The van der Waals surface area contributed by atoms with Gasteiger partial charge in [0, 0.05) is 0 Å². The van der Waals surface area contributed by atoms with Crippen molar-refractivity contribution in [3.05, 3.63) is 0 Å². The summed E-state index contributed by atoms with van der Waals surface area (Å²) in [6, 6.07) is 0. The molecular formula is C11H23N. The minimum absolute atomic E-state index is 0.795. The van der Waals surface area contributed by atoms with Crippen LogP contribution in [0.25, 0.3) is 0 Å². The Morgan fingerprint density at radius 1 is 1.33 bits per heavy atom. The molecule has 72 valence electrons. The van der Waals surface area contributed by atoms with E-state index in [1.807, 2.05) is 0 Å². The average Bonchev–Trinajstić information content (AvgIpc) is 2.35. The Morgan fingerprint density at radius 2 is 2.08 bits per heavy atom. The van der Waals surface area contributed by atoms with E-state index in [0.29, 0.717) is 0 Å². The van der Waals surface area contributed by atoms with Crippen molar-refractivity contribution in [2.24, 2.45) is 17.8 Å². The van der Waals surface area contributed by atoms with Crippen molar-refractivity contribution in [2.45, 2.75) is 40.0 Å². The van der Waals surface area contributed by atoms with Gasteiger partial charge < -0.3 is 5.32 Å². The molecular weight excluding hydrogens is 146 g/mol. The molecule has 1 rings (SSSR count). The van der Waals surface area contributed by atoms with Gasteiger partial charge in [0.25, 0.3) is 0 Å². The van der Waals surface area contributed by atoms with Gasteiger partial charge in [-0.05, 0) is 43.7 Å². The first kappa shape index (κ1) is 10.0. The molecule has 0 heterocycles. The SMILES string of the molecule is CC(C)CNCC1CCC(C)C1. The van der Waals surface area contributed by atoms with Crippen LogP contribution in [0.3, 0.4) is 0 Å². The van der Waals surface area contributed by atoms with E-state index in [9.17, 15) is 0 Å². The van der Waals surface area contributed by atoms with E-state index in [2.05, 4.69) is 26.1 Å². The third kappa shape index (κ3) is 3.57. The summed E-state index contributed by atoms with van der Waals surface area (Å²) >= 11 is 0. The van der Waals surface area contributed by atoms with E-state index in [4.69, 9.17) is 0 Å². The second-order valence-electron chi connectivity index (χ2n) is 4.84. The standard InChI is InChI=1S/C11H23N/c1-9(2)7-12-8-11-5-4-10(3)6-11/h9-12H,4-8H2,1-3H3. The lowest BCUT2D eigenvalue weighted by molar-refractivity contribution is 0.447. The Balaban J connectivity index is 2.00. The van der Waals surface area contributed by atoms with Crippen LogP contribution in [0.4, 0.5) is 0 Å². The molecule has 0 amide bonds. The van der Waals surface area contributed by atoms with Gasteiger partial charge in [0.15, 0.2) is 0 Å². The van der Waals surface area contributed by atoms with Gasteiger partial charge in [-0.3, -0.25) is 0 Å². The van der Waals surface area contributed by atoms with Gasteiger partial charge in [0.05, 0.1) is 0 Å². The van der Waals surface area contributed by atoms with Crippen LogP contribution in [0.15, 0.2) is 0 Å². The summed E-state index contributed by atoms with van der Waals surface area (Å²) < 4.78 is 0. The summed E-state index contributed by atoms with van der Waals surface area (Å²) in [5.41, 5.74) is 0. The molecule has 1 aliphatic rings. The summed E-state index contributed by atoms with van der Waals surface area (Å²) in [5.74, 6) is 2.75. The first-order chi connectivity index (χ1) is 5.68. The highest BCUT2D eigenvalue weighted by Crippen LogP contribution is 2.29. The maximum atomic E-state index is 3.55. The zero-order valence-corrected chi connectivity index (χ0v) is 8.77. The highest BCUT2D eigenvalue weighted by molar-refractivity contribution is 4.74. The molecule has 0 bridgehead atoms. The van der Waals surface area contributed by atoms with Gasteiger partial charge in [-0.1, -0.05) is 27.2 Å². The first-order valence-electron chi connectivity index (χ1n) is 5.39. The van der Waals surface area contributed by atoms with Crippen LogP contribution < -0.4 is 5.32 Å². The summed E-state index contributed by atoms with van der Waals surface area (Å²) in [6.07, 6.45) is 4.35. The van der Waals surface area contributed by atoms with Crippen LogP contribution in [0.2, 0.25) is 0 Å². The first-order valence-corrected chi connectivity index (χ1v) is 5.39. The maximum absolute atomic E-state index is 3.55. The number of hydrogen-bond donors (Lipinski definition) is 1. The van der Waals surface area contributed by atoms with Crippen molar-refractivity contribution in [3.8, 4) is 0 Å². The molecule has 1 saturated carbocycles. The van der Waals surface area contributed by atoms with Crippen molar-refractivity contribution >= 4 is 0 Å². The van der Waals surface area contributed by atoms with Gasteiger partial charge in [-0.2, -0.15) is 0 Å². The molecule has 0 aromatic carbocycles. The van der Waals surface area contributed by atoms with Gasteiger partial charge in [-0.15, -0.1) is 0 Å². The molecule has 0 aromatic rings. The van der Waals surface area contributed by atoms with Gasteiger partial charge in [-0.25, -0.2) is 0 Å². The average molecular weight is 169 g/mol. The fourth-order valence-electron chi connectivity index (χ4n) is 2.09. The van der Waals surface area contributed by atoms with Crippen LogP contribution in [0.1, 0.15) is 40.0 Å². The Bertz CT molecular complexity index is 120. The highest BCUT2D eigenvalue weighted by atomic mass is 14.9. The summed E-state index contributed by atoms with van der Waals surface area (Å²) in [4.78, 5) is 0. The quantitative estimate of drug-likeness (QED) is 0.682. The second-order valence-corrected chi connectivity index (χ2v) is 4.84. The van der Waals surface area contributed by atoms with Crippen LogP contribution in [-0.4, -0.2) is 13.1 Å². The Labute approximate surface area is 76.9 Å². The topological polar surface area (TPSA) is 12.0 Å². The lowest BCUT2D eigenvalue weighted by atomic mass is 10.1. The second kappa shape index (κ2) is 4.86. The fraction of sp³-hybridized carbons (Fsp3) is 1.00. The van der Waals surface area contributed by atoms with E-state index in [0.717, 1.165) is 17.8 Å². The van der Waals surface area contributed by atoms with Crippen molar-refractivity contribution < 1.29 is 0 Å². The highest BCUT2D eigenvalue weighted by Gasteiger charge is 2.20. The minimum Gasteiger partial charge on any atom is -0.316 e. The van der Waals surface area contributed by atoms with E-state index in [1.165, 1.54) is 32.4 Å². The van der Waals surface area contributed by atoms with Crippen molar-refractivity contribution in [1.82, 2.24) is 5.32 Å². The van der Waals surface area contributed by atoms with E-state index < -0.39 is 0 Å². The predicted octanol–water partition coefficient (Wildman–Crippen LogP) is 2.67. The zero-order valence-electron chi connectivity index (χ0n) is 8.77. The van der Waals surface area contributed by atoms with E-state index >= 15 is 0 Å². The van der Waals surface area contributed by atoms with Crippen LogP contribution >= 0.6 is 0 Å². The van der Waals surface area contributed by atoms with Gasteiger partial charge in [0.2, 0.25) is 0 Å². The van der Waals surface area contributed by atoms with Crippen molar-refractivity contribution in [2.75, 3.05) is 13.1 Å². The molecule has 2 atom stereocenters. The lowest BCUT2D eigenvalue weighted by Gasteiger charge is -2.12. The minimum atomic E-state index is 0.795. The zero-order chi connectivity index (χ0) is 8.97. The fourth-order valence-corrected chi connectivity index (χ4v) is 2.09. The summed E-state index contributed by atoms with van der Waals surface area (Å²) in [6.45, 7) is 9.35. The third-order valence-corrected chi connectivity index (χ3v) is 2.79. The van der Waals surface area contributed by atoms with Gasteiger partial charge in [0.1, 0.15) is 0 Å². The van der Waals surface area contributed by atoms with Crippen molar-refractivity contribution in [1.29, 1.82) is 0 Å². The maximum Gasteiger partial charge on any atom is -0.00203 e. The molecule has 0 radical (unpaired) electrons. The molecule has 1 aliphatic carbocycles. The number of nitrogens with one attached hydrogen (secondary N) is 1. The van der Waals surface area contributed by atoms with E-state index in [-0.39, 0.29) is 0 Å². The molecule has 0 aromatic heterocycles. The monoisotopic (exact) mass is 169 g/mol. The normalized spacial score (nSPS) is 30.0. The van der Waals surface area contributed by atoms with Crippen LogP contribution in [0, 0.1) is 17.8 Å². The van der Waals surface area contributed by atoms with Crippen LogP contribution in [-0.2, 0) is 0 Å². The molecule has 0 aliphatic heterocycles. The molecule has 1 N–H and O–H groups in total. The van der Waals surface area contributed by atoms with E-state index in [1.54, 1.807) is 0 Å². The molecule has 12 heavy (non-hydrogen) atoms. The Kier molecular flexibility index (Phi) is 4.07. The lowest BCUT2D eigenvalue weighted by Crippen LogP contribution is -2.25. The van der Waals surface area contributed by atoms with Crippen LogP contribution in [0.5, 0.6) is 0 Å². The Morgan fingerprint density at radius 3 is 2.58 bits per heavy atom. The molecule has 0 spiro atoms. The van der Waals surface area contributed by atoms with Gasteiger partial charge >= 0.3 is 0 Å². The summed E-state index contributed by atoms with van der Waals surface area (Å²) in [5, 5.41) is 3.55. The molecule has 1 nitrogen and oxygen atoms in total. The summed E-state index contributed by atoms with van der Waals surface area (Å²) in [7, 11) is 0. The van der Waals surface area contributed by atoms with Crippen molar-refractivity contribution in [3.63, 3.8) is 0 Å². The Hall–Kier alpha value is -0.0400. The number of hydrogen-bond acceptors (Lipinski definition) is 1. The molecule has 1 heteroatoms.